The Morgan fingerprint density at radius 3 is 2.00 bits per heavy atom. The second-order valence-corrected chi connectivity index (χ2v) is 12.7. The molecular formula is C12H30O4Si3. The highest BCUT2D eigenvalue weighted by atomic mass is 29.2. The summed E-state index contributed by atoms with van der Waals surface area (Å²) in [6.45, 7) is 7.66. The summed E-state index contributed by atoms with van der Waals surface area (Å²) >= 11 is 0. The van der Waals surface area contributed by atoms with Crippen LogP contribution in [0, 0.1) is 0 Å². The molecular weight excluding hydrogens is 292 g/mol. The highest BCUT2D eigenvalue weighted by molar-refractivity contribution is 7.02. The maximum atomic E-state index is 8.73. The fourth-order valence-corrected chi connectivity index (χ4v) is 2.37. The van der Waals surface area contributed by atoms with E-state index in [-0.39, 0.29) is 0 Å². The van der Waals surface area contributed by atoms with Crippen molar-refractivity contribution in [1.82, 2.24) is 0 Å². The lowest BCUT2D eigenvalue weighted by atomic mass is 10.2. The fraction of sp³-hybridized carbons (Fsp3) is 0.667. The smallest absolute Gasteiger partial charge is 0.434 e. The molecule has 1 N–H and O–H groups in total. The molecule has 0 heterocycles. The van der Waals surface area contributed by atoms with E-state index in [2.05, 4.69) is 19.6 Å². The number of hydrogen-bond donors (Lipinski definition) is 1. The molecule has 0 rings (SSSR count). The standard InChI is InChI=1S/C9H20O3Si.C3H10OSi2/c1-5-6-7-8-9-13(10-2,11-3)12-4;1-3(2)6(4)5/h8-9H,5-7H2,1-4H3;4,6H,1H2,2,5H3. The third-order valence-corrected chi connectivity index (χ3v) is 9.35. The molecule has 1 unspecified atom stereocenters. The molecule has 0 saturated carbocycles. The van der Waals surface area contributed by atoms with Crippen LogP contribution in [-0.2, 0) is 13.3 Å². The van der Waals surface area contributed by atoms with Crippen molar-refractivity contribution >= 4 is 27.1 Å². The summed E-state index contributed by atoms with van der Waals surface area (Å²) in [5, 5.41) is 1.02. The Hall–Kier alpha value is -0.0294. The largest absolute Gasteiger partial charge is 0.528 e. The Morgan fingerprint density at radius 2 is 1.74 bits per heavy atom. The lowest BCUT2D eigenvalue weighted by molar-refractivity contribution is 0.138. The van der Waals surface area contributed by atoms with E-state index in [1.54, 1.807) is 21.3 Å². The average Bonchev–Trinajstić information content (AvgIpc) is 2.40. The molecule has 4 nitrogen and oxygen atoms in total. The van der Waals surface area contributed by atoms with E-state index in [1.807, 2.05) is 12.6 Å². The minimum absolute atomic E-state index is 0.948. The summed E-state index contributed by atoms with van der Waals surface area (Å²) in [7, 11) is 2.04. The lowest BCUT2D eigenvalue weighted by Gasteiger charge is -2.20. The quantitative estimate of drug-likeness (QED) is 0.531. The minimum atomic E-state index is -2.45. The van der Waals surface area contributed by atoms with Gasteiger partial charge >= 0.3 is 8.80 Å². The average molecular weight is 323 g/mol. The van der Waals surface area contributed by atoms with E-state index in [9.17, 15) is 0 Å². The summed E-state index contributed by atoms with van der Waals surface area (Å²) in [5.41, 5.74) is 1.93. The van der Waals surface area contributed by atoms with E-state index in [0.29, 0.717) is 0 Å². The molecule has 0 amide bonds. The van der Waals surface area contributed by atoms with Gasteiger partial charge in [0, 0.05) is 31.1 Å². The minimum Gasteiger partial charge on any atom is -0.434 e. The monoisotopic (exact) mass is 322 g/mol. The van der Waals surface area contributed by atoms with Crippen LogP contribution in [0.3, 0.4) is 0 Å². The highest BCUT2D eigenvalue weighted by Gasteiger charge is 2.33. The molecule has 0 fully saturated rings. The van der Waals surface area contributed by atoms with Crippen LogP contribution in [0.15, 0.2) is 23.6 Å². The number of hydrogen-bond acceptors (Lipinski definition) is 4. The van der Waals surface area contributed by atoms with Gasteiger partial charge in [-0.2, -0.15) is 0 Å². The summed E-state index contributed by atoms with van der Waals surface area (Å²) in [6, 6.07) is 0. The van der Waals surface area contributed by atoms with E-state index in [0.717, 1.165) is 21.4 Å². The second-order valence-electron chi connectivity index (χ2n) is 4.28. The predicted molar refractivity (Wildman–Crippen MR) is 89.6 cm³/mol. The lowest BCUT2D eigenvalue weighted by Crippen LogP contribution is -2.40. The zero-order valence-electron chi connectivity index (χ0n) is 13.2. The zero-order chi connectivity index (χ0) is 15.3. The van der Waals surface area contributed by atoms with Crippen LogP contribution in [0.25, 0.3) is 0 Å². The maximum Gasteiger partial charge on any atom is 0.528 e. The van der Waals surface area contributed by atoms with Crippen LogP contribution in [0.1, 0.15) is 33.1 Å². The molecule has 0 aliphatic heterocycles. The summed E-state index contributed by atoms with van der Waals surface area (Å²) in [6.07, 6.45) is 5.53. The van der Waals surface area contributed by atoms with Gasteiger partial charge in [-0.05, 0) is 19.0 Å². The predicted octanol–water partition coefficient (Wildman–Crippen LogP) is 0.830. The molecule has 7 heteroatoms. The molecule has 0 aromatic heterocycles. The molecule has 0 aromatic carbocycles. The van der Waals surface area contributed by atoms with Gasteiger partial charge in [0.1, 0.15) is 0 Å². The first kappa shape index (κ1) is 21.3. The second kappa shape index (κ2) is 13.0. The first-order valence-corrected chi connectivity index (χ1v) is 14.1. The molecule has 0 radical (unpaired) electrons. The first-order chi connectivity index (χ1) is 8.89. The van der Waals surface area contributed by atoms with Crippen molar-refractivity contribution in [2.75, 3.05) is 21.3 Å². The van der Waals surface area contributed by atoms with Crippen LogP contribution in [0.5, 0.6) is 0 Å². The van der Waals surface area contributed by atoms with Gasteiger partial charge in [-0.1, -0.05) is 31.0 Å². The highest BCUT2D eigenvalue weighted by Crippen LogP contribution is 2.08. The van der Waals surface area contributed by atoms with Gasteiger partial charge in [0.2, 0.25) is 0 Å². The van der Waals surface area contributed by atoms with E-state index in [1.165, 1.54) is 12.8 Å². The van der Waals surface area contributed by atoms with Crippen molar-refractivity contribution in [3.63, 3.8) is 0 Å². The van der Waals surface area contributed by atoms with Crippen molar-refractivity contribution in [2.45, 2.75) is 33.1 Å². The summed E-state index contributed by atoms with van der Waals surface area (Å²) in [5.74, 6) is 0. The summed E-state index contributed by atoms with van der Waals surface area (Å²) in [4.78, 5) is 8.73. The number of unbranched alkanes of at least 4 members (excludes halogenated alkanes) is 2. The van der Waals surface area contributed by atoms with Gasteiger partial charge in [-0.25, -0.2) is 0 Å². The molecule has 114 valence electrons. The Kier molecular flexibility index (Phi) is 14.5. The fourth-order valence-electron chi connectivity index (χ4n) is 1.00. The number of rotatable bonds is 8. The van der Waals surface area contributed by atoms with Crippen molar-refractivity contribution < 1.29 is 18.1 Å². The zero-order valence-corrected chi connectivity index (χ0v) is 17.4. The van der Waals surface area contributed by atoms with Crippen LogP contribution >= 0.6 is 0 Å². The molecule has 0 aromatic rings. The van der Waals surface area contributed by atoms with Crippen molar-refractivity contribution in [3.8, 4) is 0 Å². The topological polar surface area (TPSA) is 47.9 Å². The van der Waals surface area contributed by atoms with Crippen LogP contribution < -0.4 is 0 Å². The normalized spacial score (nSPS) is 13.2. The third-order valence-electron chi connectivity index (χ3n) is 2.61. The Morgan fingerprint density at radius 1 is 1.32 bits per heavy atom. The summed E-state index contributed by atoms with van der Waals surface area (Å²) < 4.78 is 15.7. The van der Waals surface area contributed by atoms with Crippen LogP contribution in [0.2, 0.25) is 0 Å². The van der Waals surface area contributed by atoms with Gasteiger partial charge in [-0.3, -0.25) is 0 Å². The number of allylic oxidation sites excluding steroid dienone is 2. The van der Waals surface area contributed by atoms with Crippen LogP contribution in [0.4, 0.5) is 0 Å². The first-order valence-electron chi connectivity index (χ1n) is 6.55. The van der Waals surface area contributed by atoms with Crippen molar-refractivity contribution in [3.05, 3.63) is 23.6 Å². The molecule has 0 saturated heterocycles. The maximum absolute atomic E-state index is 8.73. The Balaban J connectivity index is 0. The van der Waals surface area contributed by atoms with E-state index >= 15 is 0 Å². The SMILES string of the molecule is C=C(C)[SiH](O)[SiH3].CCCCC=C[Si](OC)(OC)OC. The van der Waals surface area contributed by atoms with Crippen molar-refractivity contribution in [2.24, 2.45) is 0 Å². The molecule has 0 bridgehead atoms. The van der Waals surface area contributed by atoms with Crippen LogP contribution in [-0.4, -0.2) is 53.2 Å². The Labute approximate surface area is 123 Å². The molecule has 0 aliphatic rings. The van der Waals surface area contributed by atoms with Gasteiger partial charge in [-0.15, -0.1) is 6.58 Å². The Bertz CT molecular complexity index is 245. The molecule has 1 atom stereocenters. The molecule has 0 spiro atoms. The van der Waals surface area contributed by atoms with Gasteiger partial charge in [0.15, 0.2) is 8.56 Å². The van der Waals surface area contributed by atoms with E-state index in [4.69, 9.17) is 18.1 Å². The molecule has 0 aliphatic carbocycles. The van der Waals surface area contributed by atoms with E-state index < -0.39 is 17.4 Å². The van der Waals surface area contributed by atoms with Gasteiger partial charge in [0.05, 0.1) is 0 Å². The third kappa shape index (κ3) is 11.5. The van der Waals surface area contributed by atoms with Crippen molar-refractivity contribution in [1.29, 1.82) is 0 Å². The van der Waals surface area contributed by atoms with Gasteiger partial charge in [0.25, 0.3) is 0 Å². The van der Waals surface area contributed by atoms with Gasteiger partial charge < -0.3 is 18.1 Å². The molecule has 19 heavy (non-hydrogen) atoms.